The number of carbonyl (C=O) groups excluding carboxylic acids is 2. The molecule has 0 saturated carbocycles. The number of aromatic nitrogens is 2. The first-order valence-corrected chi connectivity index (χ1v) is 10.9. The number of hydrogen-bond acceptors (Lipinski definition) is 6. The van der Waals surface area contributed by atoms with E-state index in [4.69, 9.17) is 4.74 Å². The largest absolute Gasteiger partial charge is 0.461 e. The molecule has 1 N–H and O–H groups in total. The van der Waals surface area contributed by atoms with Gasteiger partial charge in [0.15, 0.2) is 5.69 Å². The first-order valence-electron chi connectivity index (χ1n) is 10.1. The summed E-state index contributed by atoms with van der Waals surface area (Å²) in [5, 5.41) is 9.67. The second-order valence-corrected chi connectivity index (χ2v) is 8.17. The van der Waals surface area contributed by atoms with Crippen molar-refractivity contribution < 1.29 is 14.3 Å². The van der Waals surface area contributed by atoms with Gasteiger partial charge in [0, 0.05) is 16.3 Å². The molecule has 0 fully saturated rings. The Hall–Kier alpha value is -3.78. The monoisotopic (exact) mass is 447 g/mol. The molecular formula is C24H21N3O4S. The minimum atomic E-state index is -0.632. The number of amides is 1. The van der Waals surface area contributed by atoms with Crippen molar-refractivity contribution >= 4 is 39.0 Å². The molecule has 0 unspecified atom stereocenters. The van der Waals surface area contributed by atoms with Gasteiger partial charge in [0.25, 0.3) is 11.5 Å². The lowest BCUT2D eigenvalue weighted by molar-refractivity contribution is 0.0520. The van der Waals surface area contributed by atoms with Crippen molar-refractivity contribution in [3.05, 3.63) is 86.6 Å². The Morgan fingerprint density at radius 3 is 2.28 bits per heavy atom. The molecule has 0 atom stereocenters. The summed E-state index contributed by atoms with van der Waals surface area (Å²) in [7, 11) is 0. The number of nitrogens with one attached hydrogen (secondary N) is 1. The van der Waals surface area contributed by atoms with E-state index >= 15 is 0 Å². The number of ether oxygens (including phenoxy) is 1. The molecule has 0 aliphatic carbocycles. The Bertz CT molecular complexity index is 1370. The first-order chi connectivity index (χ1) is 15.4. The van der Waals surface area contributed by atoms with Crippen LogP contribution in [0.1, 0.15) is 38.9 Å². The van der Waals surface area contributed by atoms with E-state index in [1.54, 1.807) is 36.6 Å². The lowest BCUT2D eigenvalue weighted by Crippen LogP contribution is -2.25. The fourth-order valence-corrected chi connectivity index (χ4v) is 4.17. The van der Waals surface area contributed by atoms with Crippen LogP contribution in [0, 0.1) is 13.8 Å². The fraction of sp³-hybridized carbons (Fsp3) is 0.167. The fourth-order valence-electron chi connectivity index (χ4n) is 3.23. The molecule has 8 heteroatoms. The molecule has 7 nitrogen and oxygen atoms in total. The summed E-state index contributed by atoms with van der Waals surface area (Å²) in [5.74, 6) is -0.975. The second-order valence-electron chi connectivity index (χ2n) is 7.30. The zero-order valence-electron chi connectivity index (χ0n) is 17.8. The highest BCUT2D eigenvalue weighted by Crippen LogP contribution is 2.31. The van der Waals surface area contributed by atoms with E-state index in [0.717, 1.165) is 11.1 Å². The van der Waals surface area contributed by atoms with E-state index in [9.17, 15) is 14.4 Å². The highest BCUT2D eigenvalue weighted by atomic mass is 32.1. The summed E-state index contributed by atoms with van der Waals surface area (Å²) in [4.78, 5) is 38.8. The van der Waals surface area contributed by atoms with Gasteiger partial charge in [-0.3, -0.25) is 9.59 Å². The Morgan fingerprint density at radius 2 is 1.66 bits per heavy atom. The average molecular weight is 448 g/mol. The highest BCUT2D eigenvalue weighted by Gasteiger charge is 2.23. The average Bonchev–Trinajstić information content (AvgIpc) is 3.19. The van der Waals surface area contributed by atoms with Crippen molar-refractivity contribution in [2.75, 3.05) is 11.9 Å². The van der Waals surface area contributed by atoms with Crippen molar-refractivity contribution in [2.24, 2.45) is 0 Å². The van der Waals surface area contributed by atoms with Crippen molar-refractivity contribution in [3.63, 3.8) is 0 Å². The second kappa shape index (κ2) is 8.76. The standard InChI is InChI=1S/C24H21N3O4S/c1-4-31-24(30)20-18-13-32-22(25-21(28)16-9-5-14(2)6-10-16)19(18)23(29)27(26-20)17-11-7-15(3)8-12-17/h5-13H,4H2,1-3H3,(H,25,28). The number of fused-ring (bicyclic) bond motifs is 1. The van der Waals surface area contributed by atoms with Crippen LogP contribution in [-0.2, 0) is 4.74 Å². The van der Waals surface area contributed by atoms with Gasteiger partial charge >= 0.3 is 5.97 Å². The van der Waals surface area contributed by atoms with Gasteiger partial charge < -0.3 is 10.1 Å². The van der Waals surface area contributed by atoms with Crippen LogP contribution >= 0.6 is 11.3 Å². The van der Waals surface area contributed by atoms with Crippen LogP contribution in [0.25, 0.3) is 16.5 Å². The van der Waals surface area contributed by atoms with Crippen LogP contribution in [0.3, 0.4) is 0 Å². The summed E-state index contributed by atoms with van der Waals surface area (Å²) in [6.07, 6.45) is 0. The van der Waals surface area contributed by atoms with Crippen LogP contribution in [0.2, 0.25) is 0 Å². The van der Waals surface area contributed by atoms with E-state index < -0.39 is 11.5 Å². The molecule has 0 spiro atoms. The number of benzene rings is 2. The molecule has 0 bridgehead atoms. The predicted octanol–water partition coefficient (Wildman–Crippen LogP) is 4.49. The third kappa shape index (κ3) is 4.04. The molecule has 2 aromatic carbocycles. The first kappa shape index (κ1) is 21.5. The number of esters is 1. The van der Waals surface area contributed by atoms with E-state index in [1.807, 2.05) is 38.1 Å². The maximum atomic E-state index is 13.4. The van der Waals surface area contributed by atoms with Crippen LogP contribution in [0.15, 0.2) is 58.7 Å². The topological polar surface area (TPSA) is 90.3 Å². The molecule has 0 aliphatic heterocycles. The predicted molar refractivity (Wildman–Crippen MR) is 125 cm³/mol. The Balaban J connectivity index is 1.87. The number of rotatable bonds is 5. The van der Waals surface area contributed by atoms with Crippen molar-refractivity contribution in [3.8, 4) is 5.69 Å². The molecule has 0 saturated heterocycles. The zero-order valence-corrected chi connectivity index (χ0v) is 18.7. The molecule has 4 rings (SSSR count). The minimum absolute atomic E-state index is 0.0223. The molecule has 2 heterocycles. The van der Waals surface area contributed by atoms with Crippen molar-refractivity contribution in [1.82, 2.24) is 9.78 Å². The molecule has 2 aromatic heterocycles. The van der Waals surface area contributed by atoms with Crippen LogP contribution in [0.4, 0.5) is 5.00 Å². The van der Waals surface area contributed by atoms with Gasteiger partial charge in [0.1, 0.15) is 5.00 Å². The van der Waals surface area contributed by atoms with Crippen molar-refractivity contribution in [2.45, 2.75) is 20.8 Å². The maximum absolute atomic E-state index is 13.4. The lowest BCUT2D eigenvalue weighted by atomic mass is 10.1. The SMILES string of the molecule is CCOC(=O)c1nn(-c2ccc(C)cc2)c(=O)c2c(NC(=O)c3ccc(C)cc3)scc12. The molecule has 0 aliphatic rings. The Kier molecular flexibility index (Phi) is 5.87. The summed E-state index contributed by atoms with van der Waals surface area (Å²) < 4.78 is 6.33. The third-order valence-corrected chi connectivity index (χ3v) is 5.84. The van der Waals surface area contributed by atoms with Gasteiger partial charge in [-0.25, -0.2) is 4.79 Å². The van der Waals surface area contributed by atoms with Crippen molar-refractivity contribution in [1.29, 1.82) is 0 Å². The summed E-state index contributed by atoms with van der Waals surface area (Å²) in [5.41, 5.74) is 2.63. The Morgan fingerprint density at radius 1 is 1.03 bits per heavy atom. The number of anilines is 1. The minimum Gasteiger partial charge on any atom is -0.461 e. The van der Waals surface area contributed by atoms with Gasteiger partial charge in [-0.15, -0.1) is 11.3 Å². The number of hydrogen-bond donors (Lipinski definition) is 1. The van der Waals surface area contributed by atoms with E-state index in [1.165, 1.54) is 16.0 Å². The van der Waals surface area contributed by atoms with Gasteiger partial charge in [0.2, 0.25) is 0 Å². The van der Waals surface area contributed by atoms with Gasteiger partial charge in [-0.2, -0.15) is 9.78 Å². The van der Waals surface area contributed by atoms with Gasteiger partial charge in [-0.05, 0) is 45.0 Å². The molecule has 32 heavy (non-hydrogen) atoms. The van der Waals surface area contributed by atoms with Gasteiger partial charge in [0.05, 0.1) is 17.7 Å². The summed E-state index contributed by atoms with van der Waals surface area (Å²) in [6, 6.07) is 14.3. The Labute approximate surface area is 188 Å². The van der Waals surface area contributed by atoms with Crippen LogP contribution in [-0.4, -0.2) is 28.3 Å². The van der Waals surface area contributed by atoms with Crippen LogP contribution < -0.4 is 10.9 Å². The molecule has 1 amide bonds. The normalized spacial score (nSPS) is 10.8. The third-order valence-electron chi connectivity index (χ3n) is 4.94. The lowest BCUT2D eigenvalue weighted by Gasteiger charge is -2.10. The number of aryl methyl sites for hydroxylation is 2. The smallest absolute Gasteiger partial charge is 0.359 e. The molecule has 4 aromatic rings. The quantitative estimate of drug-likeness (QED) is 0.455. The molecular weight excluding hydrogens is 426 g/mol. The van der Waals surface area contributed by atoms with E-state index in [-0.39, 0.29) is 23.6 Å². The van der Waals surface area contributed by atoms with E-state index in [2.05, 4.69) is 10.4 Å². The number of carbonyl (C=O) groups is 2. The zero-order chi connectivity index (χ0) is 22.8. The van der Waals surface area contributed by atoms with Gasteiger partial charge in [-0.1, -0.05) is 35.4 Å². The van der Waals surface area contributed by atoms with E-state index in [0.29, 0.717) is 21.6 Å². The highest BCUT2D eigenvalue weighted by molar-refractivity contribution is 7.16. The summed E-state index contributed by atoms with van der Waals surface area (Å²) in [6.45, 7) is 5.75. The number of thiophene rings is 1. The molecule has 0 radical (unpaired) electrons. The number of nitrogens with zero attached hydrogens (tertiary/aromatic N) is 2. The molecule has 162 valence electrons. The van der Waals surface area contributed by atoms with Crippen LogP contribution in [0.5, 0.6) is 0 Å². The summed E-state index contributed by atoms with van der Waals surface area (Å²) >= 11 is 1.17. The maximum Gasteiger partial charge on any atom is 0.359 e.